The van der Waals surface area contributed by atoms with Crippen molar-refractivity contribution >= 4 is 23.5 Å². The van der Waals surface area contributed by atoms with Crippen LogP contribution >= 0.6 is 23.5 Å². The zero-order valence-electron chi connectivity index (χ0n) is 13.5. The summed E-state index contributed by atoms with van der Waals surface area (Å²) in [5, 5.41) is 5.21. The van der Waals surface area contributed by atoms with Gasteiger partial charge in [0.05, 0.1) is 0 Å². The van der Waals surface area contributed by atoms with Crippen molar-refractivity contribution < 1.29 is 0 Å². The van der Waals surface area contributed by atoms with E-state index in [1.807, 2.05) is 6.20 Å². The molecule has 3 unspecified atom stereocenters. The lowest BCUT2D eigenvalue weighted by Gasteiger charge is -2.36. The van der Waals surface area contributed by atoms with E-state index < -0.39 is 0 Å². The van der Waals surface area contributed by atoms with E-state index in [-0.39, 0.29) is 0 Å². The van der Waals surface area contributed by atoms with E-state index in [0.29, 0.717) is 11.3 Å². The summed E-state index contributed by atoms with van der Waals surface area (Å²) in [6.07, 6.45) is 5.42. The third-order valence-corrected chi connectivity index (χ3v) is 7.49. The lowest BCUT2D eigenvalue weighted by molar-refractivity contribution is 0.486. The van der Waals surface area contributed by atoms with Crippen LogP contribution in [0, 0.1) is 0 Å². The highest BCUT2D eigenvalue weighted by Crippen LogP contribution is 2.35. The zero-order chi connectivity index (χ0) is 15.1. The molecule has 1 aliphatic rings. The summed E-state index contributed by atoms with van der Waals surface area (Å²) >= 11 is 4.32. The molecule has 1 aromatic heterocycles. The lowest BCUT2D eigenvalue weighted by atomic mass is 10.0. The van der Waals surface area contributed by atoms with Gasteiger partial charge in [-0.25, -0.2) is 0 Å². The SMILES string of the molecule is CCNC(Cc1ccc(CC)cn1)C1SCCSC1CC. The topological polar surface area (TPSA) is 24.9 Å². The van der Waals surface area contributed by atoms with Gasteiger partial charge in [0, 0.05) is 46.4 Å². The standard InChI is InChI=1S/C17H28N2S2/c1-4-13-7-8-14(19-12-13)11-15(18-6-3)17-16(5-2)20-9-10-21-17/h7-8,12,15-18H,4-6,9-11H2,1-3H3. The summed E-state index contributed by atoms with van der Waals surface area (Å²) in [5.41, 5.74) is 2.55. The normalized spacial score (nSPS) is 24.0. The average Bonchev–Trinajstić information content (AvgIpc) is 2.55. The van der Waals surface area contributed by atoms with E-state index in [9.17, 15) is 0 Å². The summed E-state index contributed by atoms with van der Waals surface area (Å²) < 4.78 is 0. The minimum Gasteiger partial charge on any atom is -0.313 e. The number of likely N-dealkylation sites (N-methyl/N-ethyl adjacent to an activating group) is 1. The largest absolute Gasteiger partial charge is 0.313 e. The molecule has 0 saturated carbocycles. The Bertz CT molecular complexity index is 408. The third-order valence-electron chi connectivity index (χ3n) is 4.08. The highest BCUT2D eigenvalue weighted by atomic mass is 32.2. The molecule has 0 amide bonds. The van der Waals surface area contributed by atoms with Crippen molar-refractivity contribution in [1.29, 1.82) is 0 Å². The van der Waals surface area contributed by atoms with E-state index in [4.69, 9.17) is 0 Å². The maximum Gasteiger partial charge on any atom is 0.0419 e. The van der Waals surface area contributed by atoms with Crippen LogP contribution in [0.4, 0.5) is 0 Å². The molecule has 118 valence electrons. The van der Waals surface area contributed by atoms with Gasteiger partial charge in [-0.1, -0.05) is 26.8 Å². The Kier molecular flexibility index (Phi) is 7.41. The van der Waals surface area contributed by atoms with Gasteiger partial charge in [0.1, 0.15) is 0 Å². The summed E-state index contributed by atoms with van der Waals surface area (Å²) in [6.45, 7) is 7.76. The molecule has 1 aliphatic heterocycles. The molecular formula is C17H28N2S2. The van der Waals surface area contributed by atoms with Gasteiger partial charge in [-0.05, 0) is 31.0 Å². The minimum absolute atomic E-state index is 0.540. The molecule has 1 aromatic rings. The molecule has 0 aliphatic carbocycles. The van der Waals surface area contributed by atoms with Crippen LogP contribution < -0.4 is 5.32 Å². The van der Waals surface area contributed by atoms with Crippen LogP contribution in [-0.2, 0) is 12.8 Å². The van der Waals surface area contributed by atoms with Crippen molar-refractivity contribution in [2.45, 2.75) is 56.6 Å². The fraction of sp³-hybridized carbons (Fsp3) is 0.706. The molecule has 0 bridgehead atoms. The van der Waals surface area contributed by atoms with Crippen LogP contribution in [0.1, 0.15) is 38.4 Å². The highest BCUT2D eigenvalue weighted by molar-refractivity contribution is 8.07. The van der Waals surface area contributed by atoms with Gasteiger partial charge in [0.25, 0.3) is 0 Å². The Morgan fingerprint density at radius 2 is 2.05 bits per heavy atom. The van der Waals surface area contributed by atoms with E-state index >= 15 is 0 Å². The number of nitrogens with one attached hydrogen (secondary N) is 1. The van der Waals surface area contributed by atoms with Crippen LogP contribution in [0.5, 0.6) is 0 Å². The van der Waals surface area contributed by atoms with Crippen molar-refractivity contribution in [2.75, 3.05) is 18.1 Å². The number of pyridine rings is 1. The first-order chi connectivity index (χ1) is 10.3. The smallest absolute Gasteiger partial charge is 0.0419 e. The van der Waals surface area contributed by atoms with E-state index in [2.05, 4.69) is 66.7 Å². The van der Waals surface area contributed by atoms with Gasteiger partial charge >= 0.3 is 0 Å². The fourth-order valence-corrected chi connectivity index (χ4v) is 6.15. The summed E-state index contributed by atoms with van der Waals surface area (Å²) in [5.74, 6) is 2.60. The molecule has 3 atom stereocenters. The molecule has 2 heterocycles. The number of thioether (sulfide) groups is 2. The number of nitrogens with zero attached hydrogens (tertiary/aromatic N) is 1. The summed E-state index contributed by atoms with van der Waals surface area (Å²) in [6, 6.07) is 4.98. The predicted molar refractivity (Wildman–Crippen MR) is 97.6 cm³/mol. The number of hydrogen-bond acceptors (Lipinski definition) is 4. The number of hydrogen-bond donors (Lipinski definition) is 1. The minimum atomic E-state index is 0.540. The second-order valence-electron chi connectivity index (χ2n) is 5.53. The Balaban J connectivity index is 2.06. The van der Waals surface area contributed by atoms with Crippen LogP contribution in [0.15, 0.2) is 18.3 Å². The zero-order valence-corrected chi connectivity index (χ0v) is 15.1. The van der Waals surface area contributed by atoms with Crippen molar-refractivity contribution in [3.05, 3.63) is 29.6 Å². The Hall–Kier alpha value is -0.190. The summed E-state index contributed by atoms with van der Waals surface area (Å²) in [4.78, 5) is 4.66. The molecule has 1 N–H and O–H groups in total. The molecule has 0 spiro atoms. The van der Waals surface area contributed by atoms with Gasteiger partial charge in [0.2, 0.25) is 0 Å². The molecule has 2 nitrogen and oxygen atoms in total. The number of aryl methyl sites for hydroxylation is 1. The number of rotatable bonds is 7. The van der Waals surface area contributed by atoms with Crippen LogP contribution in [0.3, 0.4) is 0 Å². The van der Waals surface area contributed by atoms with Crippen LogP contribution in [-0.4, -0.2) is 39.6 Å². The molecule has 1 fully saturated rings. The van der Waals surface area contributed by atoms with Crippen molar-refractivity contribution in [2.24, 2.45) is 0 Å². The molecule has 0 aromatic carbocycles. The Morgan fingerprint density at radius 3 is 2.67 bits per heavy atom. The highest BCUT2D eigenvalue weighted by Gasteiger charge is 2.31. The molecule has 2 rings (SSSR count). The summed E-state index contributed by atoms with van der Waals surface area (Å²) in [7, 11) is 0. The first kappa shape index (κ1) is 17.2. The quantitative estimate of drug-likeness (QED) is 0.825. The van der Waals surface area contributed by atoms with Gasteiger partial charge < -0.3 is 5.32 Å². The molecule has 21 heavy (non-hydrogen) atoms. The number of aromatic nitrogens is 1. The lowest BCUT2D eigenvalue weighted by Crippen LogP contribution is -2.46. The first-order valence-electron chi connectivity index (χ1n) is 8.18. The van der Waals surface area contributed by atoms with Crippen LogP contribution in [0.25, 0.3) is 0 Å². The monoisotopic (exact) mass is 324 g/mol. The van der Waals surface area contributed by atoms with Crippen molar-refractivity contribution in [3.63, 3.8) is 0 Å². The molecule has 4 heteroatoms. The average molecular weight is 325 g/mol. The maximum atomic E-state index is 4.66. The second kappa shape index (κ2) is 9.06. The van der Waals surface area contributed by atoms with Gasteiger partial charge in [-0.15, -0.1) is 0 Å². The first-order valence-corrected chi connectivity index (χ1v) is 10.3. The van der Waals surface area contributed by atoms with Crippen molar-refractivity contribution in [1.82, 2.24) is 10.3 Å². The fourth-order valence-electron chi connectivity index (χ4n) is 2.89. The van der Waals surface area contributed by atoms with Crippen molar-refractivity contribution in [3.8, 4) is 0 Å². The van der Waals surface area contributed by atoms with Gasteiger partial charge in [0.15, 0.2) is 0 Å². The third kappa shape index (κ3) is 4.90. The van der Waals surface area contributed by atoms with E-state index in [1.165, 1.54) is 29.2 Å². The van der Waals surface area contributed by atoms with Gasteiger partial charge in [-0.2, -0.15) is 23.5 Å². The van der Waals surface area contributed by atoms with E-state index in [0.717, 1.165) is 24.6 Å². The van der Waals surface area contributed by atoms with E-state index in [1.54, 1.807) is 0 Å². The predicted octanol–water partition coefficient (Wildman–Crippen LogP) is 3.79. The second-order valence-corrected chi connectivity index (χ2v) is 8.17. The molecular weight excluding hydrogens is 296 g/mol. The molecule has 0 radical (unpaired) electrons. The Morgan fingerprint density at radius 1 is 1.24 bits per heavy atom. The molecule has 1 saturated heterocycles. The Labute approximate surface area is 138 Å². The van der Waals surface area contributed by atoms with Crippen LogP contribution in [0.2, 0.25) is 0 Å². The maximum absolute atomic E-state index is 4.66. The van der Waals surface area contributed by atoms with Gasteiger partial charge in [-0.3, -0.25) is 4.98 Å².